The maximum absolute atomic E-state index is 0. The zero-order chi connectivity index (χ0) is 0. The van der Waals surface area contributed by atoms with Gasteiger partial charge in [-0.15, -0.1) is 0 Å². The van der Waals surface area contributed by atoms with Crippen molar-refractivity contribution in [1.82, 2.24) is 24.6 Å². The van der Waals surface area contributed by atoms with Crippen LogP contribution in [-0.4, -0.2) is 5.48 Å². The Kier molecular flexibility index (Phi) is 17700. The van der Waals surface area contributed by atoms with Crippen molar-refractivity contribution >= 4 is 0 Å². The minimum atomic E-state index is 0. The molecule has 0 saturated carbocycles. The molecule has 0 spiro atoms. The summed E-state index contributed by atoms with van der Waals surface area (Å²) in [6.07, 6.45) is 0. The maximum Gasteiger partial charge on any atom is 4.00 e. The van der Waals surface area contributed by atoms with Crippen molar-refractivity contribution in [3.8, 4) is 0 Å². The summed E-state index contributed by atoms with van der Waals surface area (Å²) in [5, 5.41) is 0. The van der Waals surface area contributed by atoms with Gasteiger partial charge in [-0.25, -0.2) is 0 Å². The summed E-state index contributed by atoms with van der Waals surface area (Å²) in [7, 11) is 0. The number of rotatable bonds is 0. The Bertz CT molecular complexity index is 17.2. The molecule has 0 aromatic heterocycles. The predicted octanol–water partition coefficient (Wildman–Crippen LogP) is -12.2. The van der Waals surface area contributed by atoms with Gasteiger partial charge in [0, 0.05) is 0 Å². The minimum Gasteiger partial charge on any atom is -1.00 e. The van der Waals surface area contributed by atoms with Gasteiger partial charge in [0.05, 0.1) is 0 Å². The molecule has 14 N–H and O–H groups in total. The molecule has 0 amide bonds. The molecule has 0 heterocycles. The molecule has 0 atom stereocenters. The number of hydrogen-bond donors (Lipinski definition) is 4. The summed E-state index contributed by atoms with van der Waals surface area (Å²) < 4.78 is 0. The molecule has 0 aliphatic rings. The average Bonchev–Trinajstić information content (AvgIpc) is 0. The summed E-state index contributed by atoms with van der Waals surface area (Å²) in [5.74, 6) is 0. The predicted molar refractivity (Wildman–Crippen MR) is 23.7 cm³/mol. The van der Waals surface area contributed by atoms with Gasteiger partial charge in [-0.1, -0.05) is 0 Å². The van der Waals surface area contributed by atoms with Crippen LogP contribution in [0.25, 0.3) is 0 Å². The van der Waals surface area contributed by atoms with Crippen molar-refractivity contribution in [3.05, 3.63) is 0 Å². The second-order valence-corrected chi connectivity index (χ2v) is 0. The van der Waals surface area contributed by atoms with Gasteiger partial charge in [-0.2, -0.15) is 0 Å². The van der Waals surface area contributed by atoms with E-state index < -0.39 is 0 Å². The van der Waals surface area contributed by atoms with Crippen LogP contribution >= 0.6 is 0 Å². The first-order chi connectivity index (χ1) is 0. The van der Waals surface area contributed by atoms with Crippen molar-refractivity contribution in [1.29, 1.82) is 0 Å². The summed E-state index contributed by atoms with van der Waals surface area (Å²) in [6.45, 7) is 0. The van der Waals surface area contributed by atoms with Gasteiger partial charge >= 0.3 is 21.1 Å². The fourth-order valence-corrected chi connectivity index (χ4v) is 0. The van der Waals surface area contributed by atoms with Crippen LogP contribution in [0.3, 0.4) is 0 Å². The summed E-state index contributed by atoms with van der Waals surface area (Å²) in [4.78, 5) is 0. The van der Waals surface area contributed by atoms with E-state index in [9.17, 15) is 0 Å². The Hall–Kier alpha value is 1.65. The van der Waals surface area contributed by atoms with Crippen molar-refractivity contribution in [2.24, 2.45) is 0 Å². The van der Waals surface area contributed by atoms with Gasteiger partial charge < -0.3 is 79.7 Å². The third-order valence-corrected chi connectivity index (χ3v) is 0. The van der Waals surface area contributed by atoms with Gasteiger partial charge in [0.2, 0.25) is 0 Å². The van der Waals surface area contributed by atoms with Crippen molar-refractivity contribution < 1.29 is 76.2 Å². The van der Waals surface area contributed by atoms with Crippen LogP contribution in [0, 0.1) is 0 Å². The zero-order valence-electron chi connectivity index (χ0n) is 5.16. The number of halogens is 4. The monoisotopic (exact) mass is 421 g/mol. The fourth-order valence-electron chi connectivity index (χ4n) is 0. The van der Waals surface area contributed by atoms with Crippen LogP contribution in [0.4, 0.5) is 0 Å². The van der Waals surface area contributed by atoms with Crippen molar-refractivity contribution in [3.63, 3.8) is 0 Å². The van der Waals surface area contributed by atoms with Crippen LogP contribution in [-0.2, 0) is 21.1 Å². The molecule has 0 aromatic rings. The quantitative estimate of drug-likeness (QED) is 0.303. The maximum atomic E-state index is 0. The summed E-state index contributed by atoms with van der Waals surface area (Å²) in [6, 6.07) is 0. The Morgan fingerprint density at radius 1 is 0.400 bits per heavy atom. The Morgan fingerprint density at radius 3 is 0.400 bits per heavy atom. The molecule has 10 heteroatoms. The molecule has 10 heavy (non-hydrogen) atoms. The zero-order valence-corrected chi connectivity index (χ0v) is 10.5. The van der Waals surface area contributed by atoms with Crippen molar-refractivity contribution in [2.45, 2.75) is 0 Å². The van der Waals surface area contributed by atoms with Crippen LogP contribution in [0.2, 0.25) is 0 Å². The molecule has 0 fully saturated rings. The molecule has 5 nitrogen and oxygen atoms in total. The van der Waals surface area contributed by atoms with Gasteiger partial charge in [0.25, 0.3) is 0 Å². The first-order valence-electron chi connectivity index (χ1n) is 0. The molecule has 0 radical (unpaired) electrons. The van der Waals surface area contributed by atoms with E-state index in [2.05, 4.69) is 0 Å². The molecule has 0 unspecified atom stereocenters. The molecule has 0 aliphatic heterocycles. The number of hydrogen-bond acceptors (Lipinski definition) is 4. The van der Waals surface area contributed by atoms with Crippen LogP contribution in [0.15, 0.2) is 0 Å². The molecule has 0 rings (SSSR count). The third kappa shape index (κ3) is 266. The molecular formula is H14Cl4N4OPt. The largest absolute Gasteiger partial charge is 4.00 e. The summed E-state index contributed by atoms with van der Waals surface area (Å²) >= 11 is 0. The van der Waals surface area contributed by atoms with Crippen molar-refractivity contribution in [2.75, 3.05) is 0 Å². The third-order valence-electron chi connectivity index (χ3n) is 0. The Labute approximate surface area is 100 Å². The fraction of sp³-hybridized carbons (Fsp3) is 0. The first-order valence-corrected chi connectivity index (χ1v) is 0. The van der Waals surface area contributed by atoms with E-state index in [1.165, 1.54) is 0 Å². The van der Waals surface area contributed by atoms with E-state index in [0.717, 1.165) is 0 Å². The molecule has 78 valence electrons. The van der Waals surface area contributed by atoms with E-state index in [0.29, 0.717) is 0 Å². The Morgan fingerprint density at radius 2 is 0.400 bits per heavy atom. The van der Waals surface area contributed by atoms with E-state index in [-0.39, 0.29) is 101 Å². The Balaban J connectivity index is 0. The first kappa shape index (κ1) is 486. The standard InChI is InChI=1S/4ClH.4H3N.H2O.Pt/h4*1H;4*1H3;1H2;/q;;;;;;;;;+4/p-4. The molecule has 0 saturated heterocycles. The van der Waals surface area contributed by atoms with Gasteiger partial charge in [-0.05, 0) is 0 Å². The van der Waals surface area contributed by atoms with Gasteiger partial charge in [0.1, 0.15) is 0 Å². The smallest absolute Gasteiger partial charge is 1.00 e. The van der Waals surface area contributed by atoms with Crippen LogP contribution in [0.5, 0.6) is 0 Å². The van der Waals surface area contributed by atoms with E-state index >= 15 is 0 Å². The second-order valence-electron chi connectivity index (χ2n) is 0. The molecular weight excluding hydrogens is 409 g/mol. The van der Waals surface area contributed by atoms with E-state index in [1.807, 2.05) is 0 Å². The van der Waals surface area contributed by atoms with Gasteiger partial charge in [-0.3, -0.25) is 0 Å². The molecule has 0 bridgehead atoms. The second kappa shape index (κ2) is 365. The van der Waals surface area contributed by atoms with E-state index in [1.54, 1.807) is 0 Å². The summed E-state index contributed by atoms with van der Waals surface area (Å²) in [5.41, 5.74) is 0. The van der Waals surface area contributed by atoms with Gasteiger partial charge in [0.15, 0.2) is 0 Å². The minimum absolute atomic E-state index is 0. The van der Waals surface area contributed by atoms with Crippen LogP contribution < -0.4 is 74.2 Å². The van der Waals surface area contributed by atoms with Crippen LogP contribution in [0.1, 0.15) is 0 Å². The van der Waals surface area contributed by atoms with E-state index in [4.69, 9.17) is 0 Å². The SMILES string of the molecule is N.N.N.N.O.[Cl-].[Cl-].[Cl-].[Cl-].[Pt+4]. The average molecular weight is 423 g/mol. The normalized spacial score (nSPS) is 0. The molecule has 0 aromatic carbocycles. The topological polar surface area (TPSA) is 172 Å². The molecule has 0 aliphatic carbocycles.